The van der Waals surface area contributed by atoms with Gasteiger partial charge in [-0.1, -0.05) is 11.6 Å². The molecule has 1 N–H and O–H groups in total. The number of aromatic nitrogens is 1. The average molecular weight is 403 g/mol. The lowest BCUT2D eigenvalue weighted by Gasteiger charge is -2.05. The molecule has 0 aliphatic heterocycles. The van der Waals surface area contributed by atoms with Crippen molar-refractivity contribution in [2.75, 3.05) is 19.0 Å². The van der Waals surface area contributed by atoms with Gasteiger partial charge in [0.25, 0.3) is 5.91 Å². The molecule has 0 bridgehead atoms. The third-order valence-electron chi connectivity index (χ3n) is 3.55. The van der Waals surface area contributed by atoms with E-state index in [4.69, 9.17) is 21.1 Å². The highest BCUT2D eigenvalue weighted by Crippen LogP contribution is 2.26. The van der Waals surface area contributed by atoms with Crippen LogP contribution in [0.3, 0.4) is 0 Å². The monoisotopic (exact) mass is 402 g/mol. The third-order valence-corrected chi connectivity index (χ3v) is 4.56. The summed E-state index contributed by atoms with van der Waals surface area (Å²) in [6, 6.07) is 13.7. The quantitative estimate of drug-likeness (QED) is 0.623. The average Bonchev–Trinajstić information content (AvgIpc) is 3.15. The fourth-order valence-corrected chi connectivity index (χ4v) is 3.04. The van der Waals surface area contributed by atoms with E-state index in [1.165, 1.54) is 23.5 Å². The highest BCUT2D eigenvalue weighted by atomic mass is 35.5. The number of methoxy groups -OCH3 is 1. The predicted octanol–water partition coefficient (Wildman–Crippen LogP) is 4.27. The number of halogens is 1. The molecule has 138 valence electrons. The van der Waals surface area contributed by atoms with Crippen molar-refractivity contribution in [1.82, 2.24) is 4.98 Å². The maximum absolute atomic E-state index is 12.0. The van der Waals surface area contributed by atoms with Gasteiger partial charge in [0.15, 0.2) is 11.7 Å². The molecule has 3 aromatic rings. The molecule has 2 aromatic carbocycles. The Bertz CT molecular complexity index is 939. The summed E-state index contributed by atoms with van der Waals surface area (Å²) >= 11 is 7.05. The molecule has 0 saturated carbocycles. The first kappa shape index (κ1) is 18.9. The van der Waals surface area contributed by atoms with Crippen molar-refractivity contribution < 1.29 is 19.1 Å². The Hall–Kier alpha value is -2.90. The molecule has 0 fully saturated rings. The molecule has 8 heteroatoms. The highest BCUT2D eigenvalue weighted by Gasteiger charge is 2.12. The fraction of sp³-hybridized carbons (Fsp3) is 0.105. The van der Waals surface area contributed by atoms with Gasteiger partial charge in [0.1, 0.15) is 5.75 Å². The molecule has 1 heterocycles. The summed E-state index contributed by atoms with van der Waals surface area (Å²) in [7, 11) is 1.60. The molecule has 0 aliphatic rings. The summed E-state index contributed by atoms with van der Waals surface area (Å²) in [6.07, 6.45) is 0. The minimum atomic E-state index is -0.597. The van der Waals surface area contributed by atoms with Crippen LogP contribution in [0.5, 0.6) is 5.75 Å². The van der Waals surface area contributed by atoms with E-state index >= 15 is 0 Å². The van der Waals surface area contributed by atoms with Gasteiger partial charge in [0, 0.05) is 16.0 Å². The van der Waals surface area contributed by atoms with Gasteiger partial charge in [-0.3, -0.25) is 10.1 Å². The standard InChI is InChI=1S/C19H15ClN2O4S/c1-25-15-8-4-12(5-9-15)16-11-27-19(21-16)22-17(23)10-26-18(24)13-2-6-14(20)7-3-13/h2-9,11H,10H2,1H3,(H,21,22,23). The summed E-state index contributed by atoms with van der Waals surface area (Å²) in [5, 5.41) is 5.39. The highest BCUT2D eigenvalue weighted by molar-refractivity contribution is 7.14. The van der Waals surface area contributed by atoms with Crippen LogP contribution in [0.4, 0.5) is 5.13 Å². The second-order valence-electron chi connectivity index (χ2n) is 5.40. The Kier molecular flexibility index (Phi) is 6.05. The molecule has 0 unspecified atom stereocenters. The summed E-state index contributed by atoms with van der Waals surface area (Å²) < 4.78 is 10.1. The number of benzene rings is 2. The smallest absolute Gasteiger partial charge is 0.338 e. The number of anilines is 1. The molecular weight excluding hydrogens is 388 g/mol. The van der Waals surface area contributed by atoms with Crippen molar-refractivity contribution in [3.63, 3.8) is 0 Å². The Morgan fingerprint density at radius 1 is 1.11 bits per heavy atom. The lowest BCUT2D eigenvalue weighted by atomic mass is 10.2. The van der Waals surface area contributed by atoms with Gasteiger partial charge in [-0.2, -0.15) is 0 Å². The minimum Gasteiger partial charge on any atom is -0.497 e. The van der Waals surface area contributed by atoms with Crippen molar-refractivity contribution >= 4 is 39.9 Å². The number of amides is 1. The Labute approximate surface area is 164 Å². The van der Waals surface area contributed by atoms with Crippen LogP contribution in [-0.2, 0) is 9.53 Å². The van der Waals surface area contributed by atoms with Gasteiger partial charge in [-0.15, -0.1) is 11.3 Å². The number of hydrogen-bond acceptors (Lipinski definition) is 6. The first-order valence-corrected chi connectivity index (χ1v) is 9.13. The molecule has 0 atom stereocenters. The lowest BCUT2D eigenvalue weighted by Crippen LogP contribution is -2.20. The number of rotatable bonds is 6. The van der Waals surface area contributed by atoms with E-state index in [1.54, 1.807) is 19.2 Å². The third kappa shape index (κ3) is 5.06. The zero-order valence-electron chi connectivity index (χ0n) is 14.3. The van der Waals surface area contributed by atoms with Crippen molar-refractivity contribution in [2.45, 2.75) is 0 Å². The maximum atomic E-state index is 12.0. The predicted molar refractivity (Wildman–Crippen MR) is 104 cm³/mol. The Balaban J connectivity index is 1.54. The van der Waals surface area contributed by atoms with Gasteiger partial charge in [0.05, 0.1) is 18.4 Å². The topological polar surface area (TPSA) is 77.5 Å². The van der Waals surface area contributed by atoms with Crippen LogP contribution in [0.1, 0.15) is 10.4 Å². The molecule has 0 spiro atoms. The van der Waals surface area contributed by atoms with Gasteiger partial charge < -0.3 is 9.47 Å². The number of ether oxygens (including phenoxy) is 2. The number of carbonyl (C=O) groups excluding carboxylic acids is 2. The van der Waals surface area contributed by atoms with E-state index in [-0.39, 0.29) is 0 Å². The van der Waals surface area contributed by atoms with E-state index in [9.17, 15) is 9.59 Å². The largest absolute Gasteiger partial charge is 0.497 e. The van der Waals surface area contributed by atoms with Gasteiger partial charge >= 0.3 is 5.97 Å². The molecule has 1 aromatic heterocycles. The zero-order valence-corrected chi connectivity index (χ0v) is 15.8. The normalized spacial score (nSPS) is 10.3. The van der Waals surface area contributed by atoms with Crippen LogP contribution >= 0.6 is 22.9 Å². The molecule has 27 heavy (non-hydrogen) atoms. The van der Waals surface area contributed by atoms with Crippen LogP contribution in [0.15, 0.2) is 53.9 Å². The summed E-state index contributed by atoms with van der Waals surface area (Å²) in [4.78, 5) is 28.2. The zero-order chi connectivity index (χ0) is 19.2. The molecular formula is C19H15ClN2O4S. The summed E-state index contributed by atoms with van der Waals surface area (Å²) in [6.45, 7) is -0.404. The molecule has 0 aliphatic carbocycles. The van der Waals surface area contributed by atoms with Gasteiger partial charge in [-0.05, 0) is 48.5 Å². The summed E-state index contributed by atoms with van der Waals surface area (Å²) in [5.74, 6) is -0.308. The molecule has 0 saturated heterocycles. The van der Waals surface area contributed by atoms with Crippen LogP contribution in [0, 0.1) is 0 Å². The fourth-order valence-electron chi connectivity index (χ4n) is 2.18. The van der Waals surface area contributed by atoms with E-state index in [2.05, 4.69) is 10.3 Å². The van der Waals surface area contributed by atoms with E-state index < -0.39 is 18.5 Å². The van der Waals surface area contributed by atoms with E-state index in [0.717, 1.165) is 17.0 Å². The van der Waals surface area contributed by atoms with Crippen molar-refractivity contribution in [2.24, 2.45) is 0 Å². The number of carbonyl (C=O) groups is 2. The Morgan fingerprint density at radius 2 is 1.81 bits per heavy atom. The van der Waals surface area contributed by atoms with Crippen LogP contribution < -0.4 is 10.1 Å². The van der Waals surface area contributed by atoms with Crippen LogP contribution in [0.25, 0.3) is 11.3 Å². The minimum absolute atomic E-state index is 0.322. The number of esters is 1. The molecule has 6 nitrogen and oxygen atoms in total. The molecule has 0 radical (unpaired) electrons. The number of thiazole rings is 1. The molecule has 3 rings (SSSR count). The second kappa shape index (κ2) is 8.66. The lowest BCUT2D eigenvalue weighted by molar-refractivity contribution is -0.119. The van der Waals surface area contributed by atoms with E-state index in [0.29, 0.717) is 15.7 Å². The van der Waals surface area contributed by atoms with Crippen molar-refractivity contribution in [3.8, 4) is 17.0 Å². The Morgan fingerprint density at radius 3 is 2.48 bits per heavy atom. The first-order valence-electron chi connectivity index (χ1n) is 7.87. The second-order valence-corrected chi connectivity index (χ2v) is 6.69. The van der Waals surface area contributed by atoms with Gasteiger partial charge in [0.2, 0.25) is 0 Å². The van der Waals surface area contributed by atoms with Crippen LogP contribution in [-0.4, -0.2) is 30.6 Å². The van der Waals surface area contributed by atoms with Crippen LogP contribution in [0.2, 0.25) is 5.02 Å². The number of nitrogens with one attached hydrogen (secondary N) is 1. The maximum Gasteiger partial charge on any atom is 0.338 e. The SMILES string of the molecule is COc1ccc(-c2csc(NC(=O)COC(=O)c3ccc(Cl)cc3)n2)cc1. The van der Waals surface area contributed by atoms with E-state index in [1.807, 2.05) is 29.6 Å². The summed E-state index contributed by atoms with van der Waals surface area (Å²) in [5.41, 5.74) is 1.96. The first-order chi connectivity index (χ1) is 13.0. The number of nitrogens with zero attached hydrogens (tertiary/aromatic N) is 1. The van der Waals surface area contributed by atoms with Crippen molar-refractivity contribution in [1.29, 1.82) is 0 Å². The molecule has 1 amide bonds. The van der Waals surface area contributed by atoms with Gasteiger partial charge in [-0.25, -0.2) is 9.78 Å². The van der Waals surface area contributed by atoms with Crippen molar-refractivity contribution in [3.05, 3.63) is 64.5 Å². The number of hydrogen-bond donors (Lipinski definition) is 1.